The molecule has 13 heteroatoms. The van der Waals surface area contributed by atoms with E-state index in [-0.39, 0.29) is 28.5 Å². The molecule has 1 aromatic heterocycles. The molecule has 0 saturated carbocycles. The highest BCUT2D eigenvalue weighted by Gasteiger charge is 2.25. The second kappa shape index (κ2) is 18.9. The zero-order valence-electron chi connectivity index (χ0n) is 25.9. The molecule has 0 bridgehead atoms. The van der Waals surface area contributed by atoms with E-state index in [1.54, 1.807) is 31.1 Å². The van der Waals surface area contributed by atoms with Gasteiger partial charge < -0.3 is 31.9 Å². The number of hydrogen-bond acceptors (Lipinski definition) is 10. The average Bonchev–Trinajstić information content (AvgIpc) is 3.00. The molecule has 1 aromatic rings. The zero-order valence-corrected chi connectivity index (χ0v) is 27.4. The predicted molar refractivity (Wildman–Crippen MR) is 176 cm³/mol. The smallest absolute Gasteiger partial charge is 0.273 e. The Balaban J connectivity index is 2.01. The van der Waals surface area contributed by atoms with Crippen molar-refractivity contribution in [2.24, 2.45) is 11.7 Å². The van der Waals surface area contributed by atoms with Crippen molar-refractivity contribution in [2.75, 3.05) is 82.6 Å². The van der Waals surface area contributed by atoms with Gasteiger partial charge in [0.15, 0.2) is 22.5 Å². The van der Waals surface area contributed by atoms with Gasteiger partial charge in [0.25, 0.3) is 5.91 Å². The van der Waals surface area contributed by atoms with Crippen LogP contribution in [0.1, 0.15) is 50.0 Å². The molecule has 2 heterocycles. The van der Waals surface area contributed by atoms with Gasteiger partial charge in [-0.1, -0.05) is 37.9 Å². The summed E-state index contributed by atoms with van der Waals surface area (Å²) < 4.78 is 0. The maximum Gasteiger partial charge on any atom is 0.273 e. The van der Waals surface area contributed by atoms with Crippen LogP contribution in [-0.2, 0) is 4.79 Å². The van der Waals surface area contributed by atoms with Crippen molar-refractivity contribution in [3.63, 3.8) is 0 Å². The molecule has 1 fully saturated rings. The topological polar surface area (TPSA) is 146 Å². The molecule has 1 unspecified atom stereocenters. The van der Waals surface area contributed by atoms with E-state index in [1.165, 1.54) is 6.08 Å². The Bertz CT molecular complexity index is 1060. The number of nitrogens with one attached hydrogen (secondary N) is 2. The molecule has 236 valence electrons. The highest BCUT2D eigenvalue weighted by atomic mass is 35.5. The maximum absolute atomic E-state index is 12.6. The quantitative estimate of drug-likeness (QED) is 0.116. The van der Waals surface area contributed by atoms with E-state index in [9.17, 15) is 9.59 Å². The number of aromatic nitrogens is 2. The molecule has 1 aliphatic rings. The van der Waals surface area contributed by atoms with Crippen LogP contribution in [0.3, 0.4) is 0 Å². The van der Waals surface area contributed by atoms with Gasteiger partial charge in [-0.05, 0) is 69.1 Å². The number of thioether (sulfide) groups is 1. The maximum atomic E-state index is 12.6. The number of carbonyl (C=O) groups excluding carboxylic acids is 2. The number of likely N-dealkylation sites (N-methyl/N-ethyl adjacent to an activating group) is 2. The van der Waals surface area contributed by atoms with Crippen molar-refractivity contribution in [3.05, 3.63) is 34.8 Å². The minimum Gasteiger partial charge on any atom is -0.404 e. The number of hydrogen-bond donors (Lipinski definition) is 4. The Morgan fingerprint density at radius 3 is 2.57 bits per heavy atom. The molecule has 6 N–H and O–H groups in total. The Hall–Kier alpha value is -2.54. The molecular weight excluding hydrogens is 574 g/mol. The van der Waals surface area contributed by atoms with E-state index in [4.69, 9.17) is 23.1 Å². The van der Waals surface area contributed by atoms with Crippen LogP contribution in [0.2, 0.25) is 5.15 Å². The van der Waals surface area contributed by atoms with Gasteiger partial charge >= 0.3 is 0 Å². The van der Waals surface area contributed by atoms with E-state index in [0.29, 0.717) is 37.4 Å². The first-order valence-electron chi connectivity index (χ1n) is 14.7. The van der Waals surface area contributed by atoms with Gasteiger partial charge in [0.1, 0.15) is 0 Å². The number of nitrogen functional groups attached to an aromatic ring is 1. The Kier molecular flexibility index (Phi) is 16.0. The molecule has 0 aromatic carbocycles. The number of nitrogens with zero attached hydrogens (tertiary/aromatic N) is 5. The van der Waals surface area contributed by atoms with Crippen LogP contribution in [0.25, 0.3) is 0 Å². The largest absolute Gasteiger partial charge is 0.404 e. The zero-order chi connectivity index (χ0) is 31.1. The summed E-state index contributed by atoms with van der Waals surface area (Å²) in [7, 11) is 3.76. The second-order valence-corrected chi connectivity index (χ2v) is 12.2. The summed E-state index contributed by atoms with van der Waals surface area (Å²) in [6.45, 7) is 9.80. The van der Waals surface area contributed by atoms with Gasteiger partial charge in [0.2, 0.25) is 5.91 Å². The highest BCUT2D eigenvalue weighted by molar-refractivity contribution is 7.98. The lowest BCUT2D eigenvalue weighted by atomic mass is 10.0. The summed E-state index contributed by atoms with van der Waals surface area (Å²) in [4.78, 5) is 40.0. The molecule has 42 heavy (non-hydrogen) atoms. The van der Waals surface area contributed by atoms with E-state index in [1.807, 2.05) is 6.26 Å². The van der Waals surface area contributed by atoms with E-state index in [2.05, 4.69) is 56.2 Å². The number of halogens is 1. The first kappa shape index (κ1) is 35.7. The number of nitrogens with two attached hydrogens (primary N) is 2. The third-order valence-electron chi connectivity index (χ3n) is 7.64. The van der Waals surface area contributed by atoms with Crippen LogP contribution in [0.5, 0.6) is 0 Å². The molecule has 0 spiro atoms. The Morgan fingerprint density at radius 2 is 1.95 bits per heavy atom. The summed E-state index contributed by atoms with van der Waals surface area (Å²) in [5, 5.41) is 5.62. The van der Waals surface area contributed by atoms with E-state index >= 15 is 0 Å². The molecular formula is C29H50ClN9O2S. The van der Waals surface area contributed by atoms with E-state index in [0.717, 1.165) is 63.2 Å². The highest BCUT2D eigenvalue weighted by Crippen LogP contribution is 2.26. The predicted octanol–water partition coefficient (Wildman–Crippen LogP) is 2.59. The van der Waals surface area contributed by atoms with Gasteiger partial charge in [-0.15, -0.1) is 0 Å². The normalized spacial score (nSPS) is 15.7. The van der Waals surface area contributed by atoms with Crippen LogP contribution in [0, 0.1) is 5.92 Å². The summed E-state index contributed by atoms with van der Waals surface area (Å²) in [5.74, 6) is 1.48. The first-order chi connectivity index (χ1) is 20.1. The Labute approximate surface area is 260 Å². The molecule has 1 aliphatic heterocycles. The minimum atomic E-state index is -0.356. The molecule has 1 atom stereocenters. The SMILES string of the molecule is CCC(C)CN(CCN(C)C1CCN(CC(/C=C\C(=O)NC)=C\N)CC1)c1nc(N)c(C(=O)NCCCSC)nc1Cl. The number of anilines is 2. The molecule has 2 amide bonds. The van der Waals surface area contributed by atoms with Crippen LogP contribution in [0.15, 0.2) is 23.9 Å². The van der Waals surface area contributed by atoms with Crippen LogP contribution >= 0.6 is 23.4 Å². The van der Waals surface area contributed by atoms with E-state index < -0.39 is 0 Å². The van der Waals surface area contributed by atoms with Crippen LogP contribution in [-0.4, -0.2) is 110 Å². The van der Waals surface area contributed by atoms with Crippen molar-refractivity contribution < 1.29 is 9.59 Å². The first-order valence-corrected chi connectivity index (χ1v) is 16.5. The van der Waals surface area contributed by atoms with Crippen LogP contribution < -0.4 is 27.0 Å². The van der Waals surface area contributed by atoms with Gasteiger partial charge in [-0.25, -0.2) is 9.97 Å². The van der Waals surface area contributed by atoms with Gasteiger partial charge in [0, 0.05) is 51.9 Å². The van der Waals surface area contributed by atoms with Crippen molar-refractivity contribution in [1.29, 1.82) is 0 Å². The van der Waals surface area contributed by atoms with Crippen molar-refractivity contribution >= 4 is 46.8 Å². The summed E-state index contributed by atoms with van der Waals surface area (Å²) in [6.07, 6.45) is 10.8. The number of carbonyl (C=O) groups is 2. The third kappa shape index (κ3) is 11.6. The van der Waals surface area contributed by atoms with Gasteiger partial charge in [-0.2, -0.15) is 11.8 Å². The molecule has 0 radical (unpaired) electrons. The summed E-state index contributed by atoms with van der Waals surface area (Å²) in [5.41, 5.74) is 13.0. The molecule has 0 aliphatic carbocycles. The van der Waals surface area contributed by atoms with Gasteiger partial charge in [-0.3, -0.25) is 14.5 Å². The minimum absolute atomic E-state index is 0.0667. The summed E-state index contributed by atoms with van der Waals surface area (Å²) >= 11 is 8.35. The lowest BCUT2D eigenvalue weighted by molar-refractivity contribution is -0.116. The monoisotopic (exact) mass is 623 g/mol. The molecule has 2 rings (SSSR count). The number of amides is 2. The van der Waals surface area contributed by atoms with Crippen molar-refractivity contribution in [3.8, 4) is 0 Å². The lowest BCUT2D eigenvalue weighted by Gasteiger charge is -2.38. The molecule has 1 saturated heterocycles. The van der Waals surface area contributed by atoms with Crippen molar-refractivity contribution in [1.82, 2.24) is 30.4 Å². The van der Waals surface area contributed by atoms with Crippen molar-refractivity contribution in [2.45, 2.75) is 45.6 Å². The summed E-state index contributed by atoms with van der Waals surface area (Å²) in [6, 6.07) is 0.447. The number of rotatable bonds is 17. The van der Waals surface area contributed by atoms with Crippen LogP contribution in [0.4, 0.5) is 11.6 Å². The average molecular weight is 624 g/mol. The van der Waals surface area contributed by atoms with Gasteiger partial charge in [0.05, 0.1) is 0 Å². The molecule has 11 nitrogen and oxygen atoms in total. The number of piperidine rings is 1. The second-order valence-electron chi connectivity index (χ2n) is 10.8. The Morgan fingerprint density at radius 1 is 1.24 bits per heavy atom. The third-order valence-corrected chi connectivity index (χ3v) is 8.59. The fraction of sp³-hybridized carbons (Fsp3) is 0.655. The fourth-order valence-electron chi connectivity index (χ4n) is 4.74. The fourth-order valence-corrected chi connectivity index (χ4v) is 5.42. The lowest BCUT2D eigenvalue weighted by Crippen LogP contribution is -2.46. The standard InChI is InChI=1S/C29H50ClN9O2S/c1-6-21(2)19-39(28-26(30)35-25(27(32)36-28)29(41)34-12-7-17-42-5)16-15-37(4)23-10-13-38(14-11-23)20-22(18-31)8-9-24(40)33-3/h8-9,18,21,23H,6-7,10-17,19-20,31H2,1-5H3,(H2,32,36)(H,33,40)(H,34,41)/b9-8-,22-18-. The number of likely N-dealkylation sites (tertiary alicyclic amines) is 1.